The van der Waals surface area contributed by atoms with E-state index in [0.29, 0.717) is 5.92 Å². The Morgan fingerprint density at radius 1 is 1.36 bits per heavy atom. The van der Waals surface area contributed by atoms with E-state index in [1.54, 1.807) is 0 Å². The monoisotopic (exact) mass is 304 g/mol. The van der Waals surface area contributed by atoms with E-state index in [0.717, 1.165) is 12.8 Å². The van der Waals surface area contributed by atoms with Gasteiger partial charge in [-0.3, -0.25) is 0 Å². The number of rotatable bonds is 2. The van der Waals surface area contributed by atoms with Crippen molar-refractivity contribution in [2.24, 2.45) is 5.92 Å². The van der Waals surface area contributed by atoms with Crippen molar-refractivity contribution in [1.82, 2.24) is 0 Å². The van der Waals surface area contributed by atoms with Crippen molar-refractivity contribution in [3.8, 4) is 0 Å². The molecule has 0 saturated heterocycles. The zero-order valence-electron chi connectivity index (χ0n) is 10.0. The second-order valence-corrected chi connectivity index (χ2v) is 20.5. The van der Waals surface area contributed by atoms with Gasteiger partial charge in [0.2, 0.25) is 0 Å². The van der Waals surface area contributed by atoms with Crippen LogP contribution in [0.1, 0.15) is 32.6 Å². The molecule has 0 radical (unpaired) electrons. The van der Waals surface area contributed by atoms with E-state index in [-0.39, 0.29) is 0 Å². The van der Waals surface area contributed by atoms with Gasteiger partial charge < -0.3 is 0 Å². The van der Waals surface area contributed by atoms with Crippen LogP contribution in [0.25, 0.3) is 0 Å². The van der Waals surface area contributed by atoms with Crippen molar-refractivity contribution >= 4 is 18.4 Å². The van der Waals surface area contributed by atoms with E-state index in [1.165, 1.54) is 12.8 Å². The standard InChI is InChI=1S/C9H15O.3CH3.Sn/c1-3-8-5-4-6-9(2,10)7-8;;;;/h1,3,8,10H,4-7H2,2H3;3*1H3;/t8-,9-;;;;/m0..../s1. The van der Waals surface area contributed by atoms with E-state index < -0.39 is 24.0 Å². The molecule has 1 saturated carbocycles. The molecule has 0 aliphatic heterocycles. The molecule has 82 valence electrons. The van der Waals surface area contributed by atoms with Crippen LogP contribution in [0, 0.1) is 5.92 Å². The molecular weight excluding hydrogens is 279 g/mol. The average molecular weight is 303 g/mol. The maximum absolute atomic E-state index is 9.96. The van der Waals surface area contributed by atoms with Gasteiger partial charge in [-0.25, -0.2) is 0 Å². The molecule has 0 aromatic rings. The van der Waals surface area contributed by atoms with Gasteiger partial charge in [0.05, 0.1) is 0 Å². The molecule has 0 aromatic heterocycles. The van der Waals surface area contributed by atoms with Crippen LogP contribution in [-0.4, -0.2) is 29.1 Å². The summed E-state index contributed by atoms with van der Waals surface area (Å²) in [5, 5.41) is 9.96. The Labute approximate surface area is 92.5 Å². The van der Waals surface area contributed by atoms with Crippen LogP contribution in [0.5, 0.6) is 0 Å². The van der Waals surface area contributed by atoms with Crippen molar-refractivity contribution in [3.63, 3.8) is 0 Å². The number of hydrogen-bond acceptors (Lipinski definition) is 1. The zero-order chi connectivity index (χ0) is 10.8. The minimum absolute atomic E-state index is 0.402. The molecule has 1 nitrogen and oxygen atoms in total. The maximum atomic E-state index is 9.96. The van der Waals surface area contributed by atoms with Crippen LogP contribution in [0.2, 0.25) is 14.8 Å². The van der Waals surface area contributed by atoms with E-state index in [9.17, 15) is 5.11 Å². The number of hydrogen-bond donors (Lipinski definition) is 1. The molecule has 0 bridgehead atoms. The molecule has 14 heavy (non-hydrogen) atoms. The summed E-state index contributed by atoms with van der Waals surface area (Å²) in [4.78, 5) is 7.27. The van der Waals surface area contributed by atoms with E-state index in [2.05, 4.69) is 25.0 Å². The normalized spacial score (nSPS) is 35.1. The first-order valence-corrected chi connectivity index (χ1v) is 15.9. The van der Waals surface area contributed by atoms with Crippen LogP contribution in [0.3, 0.4) is 0 Å². The van der Waals surface area contributed by atoms with Gasteiger partial charge in [-0.2, -0.15) is 0 Å². The van der Waals surface area contributed by atoms with Crippen LogP contribution in [-0.2, 0) is 0 Å². The second-order valence-electron chi connectivity index (χ2n) is 6.08. The van der Waals surface area contributed by atoms with Gasteiger partial charge in [0, 0.05) is 0 Å². The molecule has 1 aliphatic rings. The fourth-order valence-electron chi connectivity index (χ4n) is 2.10. The van der Waals surface area contributed by atoms with Crippen LogP contribution >= 0.6 is 0 Å². The Bertz CT molecular complexity index is 213. The van der Waals surface area contributed by atoms with Gasteiger partial charge in [0.25, 0.3) is 0 Å². The summed E-state index contributed by atoms with van der Waals surface area (Å²) in [6, 6.07) is 0. The first-order chi connectivity index (χ1) is 6.29. The van der Waals surface area contributed by atoms with Crippen LogP contribution in [0.15, 0.2) is 10.2 Å². The van der Waals surface area contributed by atoms with E-state index in [1.807, 2.05) is 6.92 Å². The third-order valence-electron chi connectivity index (χ3n) is 2.86. The first kappa shape index (κ1) is 12.6. The number of aliphatic hydroxyl groups is 1. The molecule has 0 aromatic carbocycles. The predicted molar refractivity (Wildman–Crippen MR) is 65.1 cm³/mol. The molecule has 2 atom stereocenters. The SMILES string of the molecule is C[C@]1(O)CCC[C@H](/C=[CH]\[Sn]([CH3])([CH3])[CH3])C1. The summed E-state index contributed by atoms with van der Waals surface area (Å²) in [6.45, 7) is 1.98. The molecule has 1 aliphatic carbocycles. The Hall–Kier alpha value is 0.499. The Kier molecular flexibility index (Phi) is 4.10. The molecule has 2 heteroatoms. The number of allylic oxidation sites excluding steroid dienone is 1. The van der Waals surface area contributed by atoms with Gasteiger partial charge in [0.15, 0.2) is 0 Å². The molecule has 0 unspecified atom stereocenters. The Morgan fingerprint density at radius 2 is 2.00 bits per heavy atom. The fourth-order valence-corrected chi connectivity index (χ4v) is 4.53. The van der Waals surface area contributed by atoms with Crippen molar-refractivity contribution < 1.29 is 5.11 Å². The molecule has 0 spiro atoms. The first-order valence-electron chi connectivity index (χ1n) is 5.70. The van der Waals surface area contributed by atoms with Crippen LogP contribution in [0.4, 0.5) is 0 Å². The fraction of sp³-hybridized carbons (Fsp3) is 0.833. The van der Waals surface area contributed by atoms with Gasteiger partial charge in [-0.15, -0.1) is 0 Å². The molecule has 1 N–H and O–H groups in total. The topological polar surface area (TPSA) is 20.2 Å². The van der Waals surface area contributed by atoms with E-state index in [4.69, 9.17) is 0 Å². The van der Waals surface area contributed by atoms with Crippen molar-refractivity contribution in [2.75, 3.05) is 0 Å². The summed E-state index contributed by atoms with van der Waals surface area (Å²) < 4.78 is 2.49. The summed E-state index contributed by atoms with van der Waals surface area (Å²) in [7, 11) is 0. The minimum atomic E-state index is -1.72. The average Bonchev–Trinajstić information content (AvgIpc) is 1.98. The Balaban J connectivity index is 2.50. The van der Waals surface area contributed by atoms with Crippen molar-refractivity contribution in [1.29, 1.82) is 0 Å². The van der Waals surface area contributed by atoms with Gasteiger partial charge in [0.1, 0.15) is 0 Å². The molecular formula is C12H24OSn. The predicted octanol–water partition coefficient (Wildman–Crippen LogP) is 3.36. The molecule has 0 heterocycles. The molecule has 1 fully saturated rings. The quantitative estimate of drug-likeness (QED) is 0.776. The summed E-state index contributed by atoms with van der Waals surface area (Å²) >= 11 is -1.72. The summed E-state index contributed by atoms with van der Waals surface area (Å²) in [6.07, 6.45) is 6.79. The van der Waals surface area contributed by atoms with Crippen molar-refractivity contribution in [3.05, 3.63) is 10.2 Å². The van der Waals surface area contributed by atoms with Gasteiger partial charge in [-0.1, -0.05) is 0 Å². The summed E-state index contributed by atoms with van der Waals surface area (Å²) in [5.74, 6) is 0.634. The van der Waals surface area contributed by atoms with Crippen molar-refractivity contribution in [2.45, 2.75) is 53.0 Å². The molecule has 0 amide bonds. The zero-order valence-corrected chi connectivity index (χ0v) is 12.9. The summed E-state index contributed by atoms with van der Waals surface area (Å²) in [5.41, 5.74) is -0.402. The third-order valence-corrected chi connectivity index (χ3v) is 6.26. The van der Waals surface area contributed by atoms with Gasteiger partial charge >= 0.3 is 92.6 Å². The third kappa shape index (κ3) is 4.83. The van der Waals surface area contributed by atoms with E-state index >= 15 is 0 Å². The van der Waals surface area contributed by atoms with Gasteiger partial charge in [-0.05, 0) is 0 Å². The van der Waals surface area contributed by atoms with Crippen LogP contribution < -0.4 is 0 Å². The Morgan fingerprint density at radius 3 is 2.50 bits per heavy atom. The second kappa shape index (κ2) is 4.56. The molecule has 1 rings (SSSR count).